The van der Waals surface area contributed by atoms with Crippen LogP contribution >= 0.6 is 23.2 Å². The quantitative estimate of drug-likeness (QED) is 0.351. The highest BCUT2D eigenvalue weighted by Gasteiger charge is 2.29. The number of nitrogens with one attached hydrogen (secondary N) is 3. The molecular formula is C24H24Cl2N6O4. The van der Waals surface area contributed by atoms with Crippen molar-refractivity contribution in [1.29, 1.82) is 0 Å². The summed E-state index contributed by atoms with van der Waals surface area (Å²) in [6.45, 7) is 4.29. The molecule has 2 atom stereocenters. The van der Waals surface area contributed by atoms with Gasteiger partial charge in [0.25, 0.3) is 0 Å². The Morgan fingerprint density at radius 1 is 1.11 bits per heavy atom. The van der Waals surface area contributed by atoms with Crippen LogP contribution in [-0.2, 0) is 9.53 Å². The molecule has 3 heterocycles. The lowest BCUT2D eigenvalue weighted by atomic mass is 10.1. The summed E-state index contributed by atoms with van der Waals surface area (Å²) in [4.78, 5) is 24.9. The van der Waals surface area contributed by atoms with Crippen LogP contribution in [0.3, 0.4) is 0 Å². The Morgan fingerprint density at radius 3 is 2.53 bits per heavy atom. The van der Waals surface area contributed by atoms with Gasteiger partial charge in [-0.2, -0.15) is 0 Å². The first-order valence-corrected chi connectivity index (χ1v) is 11.6. The SMILES string of the molecule is C=CC(=O)N[C@H]1COC[C@H]1Nc1cc(-c2cccnc2Nc2c(Cl)c(OC)cc(OC)c2Cl)ncn1. The fourth-order valence-corrected chi connectivity index (χ4v) is 4.27. The molecule has 3 N–H and O–H groups in total. The van der Waals surface area contributed by atoms with Crippen molar-refractivity contribution in [2.75, 3.05) is 38.1 Å². The Balaban J connectivity index is 1.63. The van der Waals surface area contributed by atoms with Gasteiger partial charge in [-0.1, -0.05) is 29.8 Å². The van der Waals surface area contributed by atoms with Crippen molar-refractivity contribution < 1.29 is 19.0 Å². The maximum Gasteiger partial charge on any atom is 0.243 e. The topological polar surface area (TPSA) is 120 Å². The first-order valence-electron chi connectivity index (χ1n) is 10.9. The van der Waals surface area contributed by atoms with E-state index in [0.29, 0.717) is 53.3 Å². The van der Waals surface area contributed by atoms with Crippen LogP contribution in [0, 0.1) is 0 Å². The lowest BCUT2D eigenvalue weighted by molar-refractivity contribution is -0.117. The molecule has 188 valence electrons. The van der Waals surface area contributed by atoms with E-state index >= 15 is 0 Å². The summed E-state index contributed by atoms with van der Waals surface area (Å²) in [5.74, 6) is 1.54. The van der Waals surface area contributed by atoms with Gasteiger partial charge in [0.2, 0.25) is 5.91 Å². The molecule has 0 spiro atoms. The molecular weight excluding hydrogens is 507 g/mol. The normalized spacial score (nSPS) is 16.8. The molecule has 0 aliphatic carbocycles. The van der Waals surface area contributed by atoms with Gasteiger partial charge in [0.15, 0.2) is 0 Å². The number of hydrogen-bond acceptors (Lipinski definition) is 9. The number of carbonyl (C=O) groups excluding carboxylic acids is 1. The van der Waals surface area contributed by atoms with Gasteiger partial charge < -0.3 is 30.2 Å². The summed E-state index contributed by atoms with van der Waals surface area (Å²) < 4.78 is 16.2. The van der Waals surface area contributed by atoms with Gasteiger partial charge in [-0.15, -0.1) is 0 Å². The highest BCUT2D eigenvalue weighted by molar-refractivity contribution is 6.41. The maximum atomic E-state index is 11.7. The van der Waals surface area contributed by atoms with Crippen molar-refractivity contribution >= 4 is 46.4 Å². The van der Waals surface area contributed by atoms with Crippen LogP contribution < -0.4 is 25.4 Å². The van der Waals surface area contributed by atoms with E-state index in [0.717, 1.165) is 0 Å². The molecule has 1 aliphatic heterocycles. The van der Waals surface area contributed by atoms with Gasteiger partial charge in [0, 0.05) is 23.9 Å². The number of rotatable bonds is 9. The third-order valence-corrected chi connectivity index (χ3v) is 6.25. The van der Waals surface area contributed by atoms with Crippen molar-refractivity contribution in [2.24, 2.45) is 0 Å². The van der Waals surface area contributed by atoms with E-state index in [4.69, 9.17) is 37.4 Å². The number of ether oxygens (including phenoxy) is 3. The molecule has 0 radical (unpaired) electrons. The van der Waals surface area contributed by atoms with Gasteiger partial charge in [-0.3, -0.25) is 4.79 Å². The molecule has 3 aromatic rings. The summed E-state index contributed by atoms with van der Waals surface area (Å²) in [7, 11) is 3.01. The summed E-state index contributed by atoms with van der Waals surface area (Å²) in [6, 6.07) is 6.63. The van der Waals surface area contributed by atoms with Crippen molar-refractivity contribution in [3.05, 3.63) is 59.5 Å². The number of aromatic nitrogens is 3. The monoisotopic (exact) mass is 530 g/mol. The minimum absolute atomic E-state index is 0.176. The highest BCUT2D eigenvalue weighted by atomic mass is 35.5. The molecule has 0 bridgehead atoms. The summed E-state index contributed by atoms with van der Waals surface area (Å²) in [5.41, 5.74) is 1.65. The zero-order valence-electron chi connectivity index (χ0n) is 19.5. The van der Waals surface area contributed by atoms with E-state index in [9.17, 15) is 4.79 Å². The molecule has 36 heavy (non-hydrogen) atoms. The molecule has 2 aromatic heterocycles. The minimum Gasteiger partial charge on any atom is -0.495 e. The van der Waals surface area contributed by atoms with Crippen molar-refractivity contribution in [1.82, 2.24) is 20.3 Å². The summed E-state index contributed by atoms with van der Waals surface area (Å²) >= 11 is 13.1. The van der Waals surface area contributed by atoms with Gasteiger partial charge in [-0.05, 0) is 18.2 Å². The smallest absolute Gasteiger partial charge is 0.243 e. The third kappa shape index (κ3) is 5.46. The first kappa shape index (κ1) is 25.5. The molecule has 1 aliphatic rings. The van der Waals surface area contributed by atoms with Crippen LogP contribution in [0.2, 0.25) is 10.0 Å². The molecule has 1 aromatic carbocycles. The number of halogens is 2. The van der Waals surface area contributed by atoms with Crippen molar-refractivity contribution in [3.8, 4) is 22.8 Å². The largest absolute Gasteiger partial charge is 0.495 e. The molecule has 1 fully saturated rings. The second-order valence-corrected chi connectivity index (χ2v) is 8.46. The van der Waals surface area contributed by atoms with Crippen LogP contribution in [0.25, 0.3) is 11.3 Å². The average Bonchev–Trinajstić information content (AvgIpc) is 3.33. The van der Waals surface area contributed by atoms with E-state index in [1.54, 1.807) is 24.4 Å². The molecule has 1 amide bonds. The molecule has 4 rings (SSSR count). The van der Waals surface area contributed by atoms with Crippen LogP contribution in [0.4, 0.5) is 17.3 Å². The number of hydrogen-bond donors (Lipinski definition) is 3. The third-order valence-electron chi connectivity index (χ3n) is 5.49. The zero-order chi connectivity index (χ0) is 25.7. The predicted octanol–water partition coefficient (Wildman–Crippen LogP) is 4.09. The molecule has 0 unspecified atom stereocenters. The number of benzene rings is 1. The zero-order valence-corrected chi connectivity index (χ0v) is 21.1. The highest BCUT2D eigenvalue weighted by Crippen LogP contribution is 2.45. The van der Waals surface area contributed by atoms with Gasteiger partial charge >= 0.3 is 0 Å². The lowest BCUT2D eigenvalue weighted by Gasteiger charge is -2.20. The van der Waals surface area contributed by atoms with Gasteiger partial charge in [-0.25, -0.2) is 15.0 Å². The van der Waals surface area contributed by atoms with E-state index in [1.807, 2.05) is 6.07 Å². The first-order chi connectivity index (χ1) is 17.4. The Morgan fingerprint density at radius 2 is 1.83 bits per heavy atom. The van der Waals surface area contributed by atoms with E-state index < -0.39 is 0 Å². The maximum absolute atomic E-state index is 11.7. The summed E-state index contributed by atoms with van der Waals surface area (Å²) in [5, 5.41) is 9.91. The fourth-order valence-electron chi connectivity index (χ4n) is 3.68. The van der Waals surface area contributed by atoms with Crippen LogP contribution in [0.5, 0.6) is 11.5 Å². The molecule has 0 saturated carbocycles. The Kier molecular flexibility index (Phi) is 8.09. The van der Waals surface area contributed by atoms with Crippen LogP contribution in [-0.4, -0.2) is 60.4 Å². The lowest BCUT2D eigenvalue weighted by Crippen LogP contribution is -2.45. The fraction of sp³-hybridized carbons (Fsp3) is 0.250. The molecule has 10 nitrogen and oxygen atoms in total. The Bertz CT molecular complexity index is 1250. The Labute approximate surface area is 218 Å². The Hall–Kier alpha value is -3.60. The number of pyridine rings is 1. The van der Waals surface area contributed by atoms with E-state index in [-0.39, 0.29) is 28.0 Å². The predicted molar refractivity (Wildman–Crippen MR) is 138 cm³/mol. The van der Waals surface area contributed by atoms with Gasteiger partial charge in [0.05, 0.1) is 50.9 Å². The molecule has 12 heteroatoms. The van der Waals surface area contributed by atoms with Crippen molar-refractivity contribution in [2.45, 2.75) is 12.1 Å². The van der Waals surface area contributed by atoms with E-state index in [2.05, 4.69) is 37.5 Å². The average molecular weight is 531 g/mol. The van der Waals surface area contributed by atoms with Crippen LogP contribution in [0.1, 0.15) is 0 Å². The standard InChI is InChI=1S/C24H24Cl2N6O4/c1-4-20(33)31-16-11-36-10-15(16)30-19-8-14(28-12-29-19)13-6-5-7-27-24(13)32-23-21(25)17(34-2)9-18(35-3)22(23)26/h4-9,12,15-16H,1,10-11H2,2-3H3,(H,27,32)(H,31,33)(H,28,29,30)/t15-,16+/m1/s1. The van der Waals surface area contributed by atoms with Crippen molar-refractivity contribution in [3.63, 3.8) is 0 Å². The molecule has 1 saturated heterocycles. The second kappa shape index (κ2) is 11.4. The number of nitrogens with zero attached hydrogens (tertiary/aromatic N) is 3. The van der Waals surface area contributed by atoms with E-state index in [1.165, 1.54) is 26.6 Å². The second-order valence-electron chi connectivity index (χ2n) is 7.70. The summed E-state index contributed by atoms with van der Waals surface area (Å²) in [6.07, 6.45) is 4.30. The number of anilines is 3. The number of carbonyl (C=O) groups is 1. The number of amides is 1. The number of methoxy groups -OCH3 is 2. The van der Waals surface area contributed by atoms with Crippen LogP contribution in [0.15, 0.2) is 49.4 Å². The minimum atomic E-state index is -0.266. The van der Waals surface area contributed by atoms with Gasteiger partial charge in [0.1, 0.15) is 39.5 Å².